The van der Waals surface area contributed by atoms with Crippen molar-refractivity contribution in [3.05, 3.63) is 46.7 Å². The predicted molar refractivity (Wildman–Crippen MR) is 120 cm³/mol. The molecule has 1 aromatic rings. The molecule has 1 heterocycles. The van der Waals surface area contributed by atoms with Crippen molar-refractivity contribution in [1.82, 2.24) is 4.90 Å². The molecule has 0 radical (unpaired) electrons. The number of rotatable bonds is 7. The van der Waals surface area contributed by atoms with Crippen molar-refractivity contribution in [2.45, 2.75) is 32.6 Å². The number of ether oxygens (including phenoxy) is 2. The van der Waals surface area contributed by atoms with Gasteiger partial charge in [0.1, 0.15) is 6.07 Å². The third kappa shape index (κ3) is 3.79. The van der Waals surface area contributed by atoms with E-state index in [-0.39, 0.29) is 17.2 Å². The van der Waals surface area contributed by atoms with E-state index in [9.17, 15) is 15.8 Å². The topological polar surface area (TPSA) is 119 Å². The van der Waals surface area contributed by atoms with Crippen LogP contribution in [0.5, 0.6) is 11.5 Å². The minimum Gasteiger partial charge on any atom is -0.493 e. The molecule has 7 nitrogen and oxygen atoms in total. The Bertz CT molecular complexity index is 1040. The smallest absolute Gasteiger partial charge is 0.191 e. The molecule has 1 aliphatic carbocycles. The van der Waals surface area contributed by atoms with Crippen LogP contribution in [0.1, 0.15) is 38.2 Å². The molecule has 7 heteroatoms. The van der Waals surface area contributed by atoms with Crippen LogP contribution in [-0.4, -0.2) is 38.3 Å². The fourth-order valence-corrected chi connectivity index (χ4v) is 4.82. The largest absolute Gasteiger partial charge is 0.493 e. The molecule has 0 spiro atoms. The average Bonchev–Trinajstić information content (AvgIpc) is 2.82. The molecule has 166 valence electrons. The molecule has 1 aliphatic heterocycles. The third-order valence-corrected chi connectivity index (χ3v) is 6.29. The van der Waals surface area contributed by atoms with Crippen LogP contribution >= 0.6 is 0 Å². The highest BCUT2D eigenvalue weighted by Crippen LogP contribution is 2.54. The molecule has 0 saturated heterocycles. The van der Waals surface area contributed by atoms with Crippen LogP contribution < -0.4 is 15.2 Å². The van der Waals surface area contributed by atoms with Gasteiger partial charge < -0.3 is 15.2 Å². The minimum absolute atomic E-state index is 0.0340. The van der Waals surface area contributed by atoms with Gasteiger partial charge in [-0.1, -0.05) is 26.0 Å². The summed E-state index contributed by atoms with van der Waals surface area (Å²) < 4.78 is 11.3. The summed E-state index contributed by atoms with van der Waals surface area (Å²) in [6.45, 7) is 6.95. The molecule has 32 heavy (non-hydrogen) atoms. The number of nitrogens with zero attached hydrogens (tertiary/aromatic N) is 4. The SMILES string of the molecule is CCCOc1ccc([C@@H]2[C@H]3CN(CCC)CC=C3C(C#N)=C(N)C2(C#N)C#N)cc1OC. The second-order valence-electron chi connectivity index (χ2n) is 8.19. The number of nitrogens with two attached hydrogens (primary N) is 1. The van der Waals surface area contributed by atoms with Crippen molar-refractivity contribution in [3.8, 4) is 29.7 Å². The maximum atomic E-state index is 10.2. The zero-order chi connectivity index (χ0) is 23.3. The van der Waals surface area contributed by atoms with E-state index >= 15 is 0 Å². The number of nitriles is 3. The van der Waals surface area contributed by atoms with Gasteiger partial charge >= 0.3 is 0 Å². The summed E-state index contributed by atoms with van der Waals surface area (Å²) in [6, 6.07) is 12.1. The van der Waals surface area contributed by atoms with Crippen LogP contribution in [0.3, 0.4) is 0 Å². The fourth-order valence-electron chi connectivity index (χ4n) is 4.82. The maximum Gasteiger partial charge on any atom is 0.191 e. The summed E-state index contributed by atoms with van der Waals surface area (Å²) in [5.41, 5.74) is 6.62. The van der Waals surface area contributed by atoms with Crippen molar-refractivity contribution in [1.29, 1.82) is 15.8 Å². The summed E-state index contributed by atoms with van der Waals surface area (Å²) in [6.07, 6.45) is 3.88. The predicted octanol–water partition coefficient (Wildman–Crippen LogP) is 3.62. The van der Waals surface area contributed by atoms with Crippen molar-refractivity contribution in [3.63, 3.8) is 0 Å². The zero-order valence-electron chi connectivity index (χ0n) is 18.9. The number of allylic oxidation sites excluding steroid dienone is 2. The molecule has 1 aromatic carbocycles. The Labute approximate surface area is 189 Å². The highest BCUT2D eigenvalue weighted by atomic mass is 16.5. The van der Waals surface area contributed by atoms with Gasteiger partial charge in [-0.3, -0.25) is 4.90 Å². The highest BCUT2D eigenvalue weighted by Gasteiger charge is 2.54. The lowest BCUT2D eigenvalue weighted by atomic mass is 9.58. The molecule has 2 atom stereocenters. The second-order valence-corrected chi connectivity index (χ2v) is 8.19. The molecule has 0 fully saturated rings. The maximum absolute atomic E-state index is 10.2. The van der Waals surface area contributed by atoms with Gasteiger partial charge in [0, 0.05) is 24.9 Å². The van der Waals surface area contributed by atoms with Crippen molar-refractivity contribution in [2.24, 2.45) is 17.1 Å². The summed E-state index contributed by atoms with van der Waals surface area (Å²) in [4.78, 5) is 2.28. The van der Waals surface area contributed by atoms with E-state index in [4.69, 9.17) is 15.2 Å². The van der Waals surface area contributed by atoms with E-state index in [2.05, 4.69) is 30.0 Å². The van der Waals surface area contributed by atoms with Gasteiger partial charge in [-0.05, 0) is 42.7 Å². The monoisotopic (exact) mass is 431 g/mol. The molecule has 0 unspecified atom stereocenters. The Morgan fingerprint density at radius 2 is 1.91 bits per heavy atom. The van der Waals surface area contributed by atoms with Gasteiger partial charge in [0.15, 0.2) is 16.9 Å². The Hall–Kier alpha value is -3.47. The summed E-state index contributed by atoms with van der Waals surface area (Å²) in [5.74, 6) is 0.390. The van der Waals surface area contributed by atoms with E-state index in [1.165, 1.54) is 0 Å². The quantitative estimate of drug-likeness (QED) is 0.700. The Morgan fingerprint density at radius 1 is 1.16 bits per heavy atom. The van der Waals surface area contributed by atoms with Crippen LogP contribution in [0.2, 0.25) is 0 Å². The molecule has 2 N–H and O–H groups in total. The lowest BCUT2D eigenvalue weighted by Crippen LogP contribution is -2.48. The zero-order valence-corrected chi connectivity index (χ0v) is 18.9. The summed E-state index contributed by atoms with van der Waals surface area (Å²) in [7, 11) is 1.57. The second kappa shape index (κ2) is 9.77. The molecule has 0 amide bonds. The van der Waals surface area contributed by atoms with Gasteiger partial charge in [0.05, 0.1) is 37.1 Å². The Morgan fingerprint density at radius 3 is 2.50 bits per heavy atom. The number of hydrogen-bond donors (Lipinski definition) is 1. The van der Waals surface area contributed by atoms with E-state index in [0.717, 1.165) is 30.5 Å². The van der Waals surface area contributed by atoms with Gasteiger partial charge in [-0.15, -0.1) is 0 Å². The molecular weight excluding hydrogens is 402 g/mol. The number of methoxy groups -OCH3 is 1. The number of hydrogen-bond acceptors (Lipinski definition) is 7. The number of benzene rings is 1. The van der Waals surface area contributed by atoms with Crippen molar-refractivity contribution in [2.75, 3.05) is 33.4 Å². The third-order valence-electron chi connectivity index (χ3n) is 6.29. The fraction of sp³-hybridized carbons (Fsp3) is 0.480. The van der Waals surface area contributed by atoms with Crippen LogP contribution in [0.25, 0.3) is 0 Å². The molecule has 2 aliphatic rings. The lowest BCUT2D eigenvalue weighted by Gasteiger charge is -2.45. The summed E-state index contributed by atoms with van der Waals surface area (Å²) in [5, 5.41) is 30.3. The average molecular weight is 432 g/mol. The molecular formula is C25H29N5O2. The Kier molecular flexibility index (Phi) is 7.08. The molecule has 0 aromatic heterocycles. The van der Waals surface area contributed by atoms with E-state index < -0.39 is 11.3 Å². The van der Waals surface area contributed by atoms with Crippen LogP contribution in [0, 0.1) is 45.3 Å². The van der Waals surface area contributed by atoms with E-state index in [1.807, 2.05) is 31.2 Å². The van der Waals surface area contributed by atoms with Crippen molar-refractivity contribution < 1.29 is 9.47 Å². The van der Waals surface area contributed by atoms with Crippen molar-refractivity contribution >= 4 is 0 Å². The van der Waals surface area contributed by atoms with Gasteiger partial charge in [0.2, 0.25) is 0 Å². The van der Waals surface area contributed by atoms with Gasteiger partial charge in [0.25, 0.3) is 0 Å². The molecule has 3 rings (SSSR count). The van der Waals surface area contributed by atoms with Crippen LogP contribution in [0.15, 0.2) is 41.1 Å². The standard InChI is InChI=1S/C25H29N5O2/c1-4-9-30-10-8-18-19(13-26)24(29)25(15-27,16-28)23(20(18)14-30)17-6-7-21(32-11-5-2)22(12-17)31-3/h6-8,12,20,23H,4-5,9-11,14,29H2,1-3H3/t20-,23+/m0/s1. The van der Waals surface area contributed by atoms with Crippen LogP contribution in [-0.2, 0) is 0 Å². The Balaban J connectivity index is 2.21. The highest BCUT2D eigenvalue weighted by molar-refractivity contribution is 5.60. The molecule has 0 bridgehead atoms. The first-order chi connectivity index (χ1) is 15.5. The van der Waals surface area contributed by atoms with E-state index in [0.29, 0.717) is 31.2 Å². The first-order valence-corrected chi connectivity index (χ1v) is 11.0. The minimum atomic E-state index is -1.65. The first kappa shape index (κ1) is 23.2. The lowest BCUT2D eigenvalue weighted by molar-refractivity contribution is 0.207. The van der Waals surface area contributed by atoms with Gasteiger partial charge in [-0.25, -0.2) is 0 Å². The summed E-state index contributed by atoms with van der Waals surface area (Å²) >= 11 is 0. The normalized spacial score (nSPS) is 22.1. The molecule has 0 saturated carbocycles. The van der Waals surface area contributed by atoms with E-state index in [1.54, 1.807) is 7.11 Å². The van der Waals surface area contributed by atoms with Gasteiger partial charge in [-0.2, -0.15) is 15.8 Å². The first-order valence-electron chi connectivity index (χ1n) is 11.0. The number of fused-ring (bicyclic) bond motifs is 1. The van der Waals surface area contributed by atoms with Crippen LogP contribution in [0.4, 0.5) is 0 Å².